The third kappa shape index (κ3) is 5.94. The molecule has 2 rings (SSSR count). The number of thioether (sulfide) groups is 1. The monoisotopic (exact) mass is 362 g/mol. The maximum atomic E-state index is 13.4. The molecule has 2 N–H and O–H groups in total. The fourth-order valence-corrected chi connectivity index (χ4v) is 2.86. The van der Waals surface area contributed by atoms with Crippen molar-refractivity contribution in [3.8, 4) is 5.88 Å². The Bertz CT molecular complexity index is 707. The van der Waals surface area contributed by atoms with Crippen molar-refractivity contribution in [2.24, 2.45) is 4.99 Å². The minimum atomic E-state index is -0.206. The number of hydrogen-bond donors (Lipinski definition) is 2. The summed E-state index contributed by atoms with van der Waals surface area (Å²) in [6.07, 6.45) is 3.77. The summed E-state index contributed by atoms with van der Waals surface area (Å²) >= 11 is 1.67. The highest BCUT2D eigenvalue weighted by molar-refractivity contribution is 7.97. The van der Waals surface area contributed by atoms with Crippen molar-refractivity contribution in [2.45, 2.75) is 18.8 Å². The van der Waals surface area contributed by atoms with Gasteiger partial charge in [0.25, 0.3) is 0 Å². The zero-order valence-electron chi connectivity index (χ0n) is 14.7. The molecule has 0 saturated heterocycles. The number of methoxy groups -OCH3 is 1. The van der Waals surface area contributed by atoms with Gasteiger partial charge in [0.1, 0.15) is 5.82 Å². The van der Waals surface area contributed by atoms with E-state index >= 15 is 0 Å². The first-order valence-corrected chi connectivity index (χ1v) is 9.25. The van der Waals surface area contributed by atoms with Crippen LogP contribution in [-0.2, 0) is 18.8 Å². The summed E-state index contributed by atoms with van der Waals surface area (Å²) in [7, 11) is 3.31. The van der Waals surface area contributed by atoms with E-state index in [9.17, 15) is 4.39 Å². The molecule has 1 aromatic heterocycles. The molecule has 0 fully saturated rings. The molecule has 1 heterocycles. The average molecular weight is 362 g/mol. The molecule has 0 radical (unpaired) electrons. The van der Waals surface area contributed by atoms with E-state index in [-0.39, 0.29) is 5.82 Å². The molecule has 0 atom stereocenters. The second kappa shape index (κ2) is 9.88. The first-order chi connectivity index (χ1) is 12.2. The molecule has 0 amide bonds. The van der Waals surface area contributed by atoms with Gasteiger partial charge in [0.05, 0.1) is 7.11 Å². The highest BCUT2D eigenvalue weighted by Crippen LogP contribution is 2.16. The Labute approximate surface area is 152 Å². The second-order valence-electron chi connectivity index (χ2n) is 5.33. The van der Waals surface area contributed by atoms with Gasteiger partial charge in [-0.25, -0.2) is 9.37 Å². The Balaban J connectivity index is 1.91. The van der Waals surface area contributed by atoms with Crippen molar-refractivity contribution in [1.82, 2.24) is 15.6 Å². The lowest BCUT2D eigenvalue weighted by Gasteiger charge is -2.14. The Kier molecular flexibility index (Phi) is 7.53. The number of rotatable bonds is 7. The number of guanidine groups is 1. The molecular formula is C18H23FN4OS. The van der Waals surface area contributed by atoms with Gasteiger partial charge in [0, 0.05) is 38.2 Å². The molecule has 0 bridgehead atoms. The standard InChI is InChI=1S/C18H23FN4OS/c1-20-18(22-10-13-4-7-17(24-2)21-9-13)23-11-14-5-6-16(19)8-15(14)12-25-3/h4-9H,10-12H2,1-3H3,(H2,20,22,23). The molecule has 0 aliphatic heterocycles. The van der Waals surface area contributed by atoms with Crippen molar-refractivity contribution in [3.05, 3.63) is 59.0 Å². The number of aliphatic imine (C=N–C) groups is 1. The van der Waals surface area contributed by atoms with E-state index in [1.807, 2.05) is 24.5 Å². The summed E-state index contributed by atoms with van der Waals surface area (Å²) in [6.45, 7) is 1.18. The molecular weight excluding hydrogens is 339 g/mol. The van der Waals surface area contributed by atoms with Gasteiger partial charge in [0.2, 0.25) is 5.88 Å². The van der Waals surface area contributed by atoms with E-state index in [1.165, 1.54) is 6.07 Å². The van der Waals surface area contributed by atoms with Crippen LogP contribution >= 0.6 is 11.8 Å². The number of pyridine rings is 1. The van der Waals surface area contributed by atoms with Crippen molar-refractivity contribution >= 4 is 17.7 Å². The Hall–Kier alpha value is -2.28. The molecule has 0 saturated carbocycles. The number of nitrogens with zero attached hydrogens (tertiary/aromatic N) is 2. The van der Waals surface area contributed by atoms with Crippen LogP contribution in [0.3, 0.4) is 0 Å². The Morgan fingerprint density at radius 1 is 1.20 bits per heavy atom. The first-order valence-electron chi connectivity index (χ1n) is 7.86. The van der Waals surface area contributed by atoms with Crippen LogP contribution in [-0.4, -0.2) is 31.4 Å². The number of aromatic nitrogens is 1. The highest BCUT2D eigenvalue weighted by Gasteiger charge is 2.06. The van der Waals surface area contributed by atoms with Crippen LogP contribution in [0.15, 0.2) is 41.5 Å². The van der Waals surface area contributed by atoms with Crippen LogP contribution in [0.1, 0.15) is 16.7 Å². The minimum Gasteiger partial charge on any atom is -0.481 e. The summed E-state index contributed by atoms with van der Waals surface area (Å²) < 4.78 is 18.5. The summed E-state index contributed by atoms with van der Waals surface area (Å²) in [6, 6.07) is 8.66. The molecule has 0 spiro atoms. The lowest BCUT2D eigenvalue weighted by atomic mass is 10.1. The largest absolute Gasteiger partial charge is 0.481 e. The molecule has 0 aliphatic rings. The van der Waals surface area contributed by atoms with Gasteiger partial charge in [-0.15, -0.1) is 0 Å². The maximum Gasteiger partial charge on any atom is 0.212 e. The molecule has 5 nitrogen and oxygen atoms in total. The smallest absolute Gasteiger partial charge is 0.212 e. The van der Waals surface area contributed by atoms with Crippen molar-refractivity contribution in [3.63, 3.8) is 0 Å². The fourth-order valence-electron chi connectivity index (χ4n) is 2.28. The first kappa shape index (κ1) is 19.1. The van der Waals surface area contributed by atoms with E-state index < -0.39 is 0 Å². The van der Waals surface area contributed by atoms with Crippen LogP contribution in [0.5, 0.6) is 5.88 Å². The molecule has 2 aromatic rings. The summed E-state index contributed by atoms with van der Waals surface area (Å²) in [5.41, 5.74) is 3.08. The van der Waals surface area contributed by atoms with E-state index in [2.05, 4.69) is 20.6 Å². The number of halogens is 1. The van der Waals surface area contributed by atoms with Gasteiger partial charge in [0.15, 0.2) is 5.96 Å². The third-order valence-electron chi connectivity index (χ3n) is 3.60. The van der Waals surface area contributed by atoms with Crippen LogP contribution < -0.4 is 15.4 Å². The predicted octanol–water partition coefficient (Wildman–Crippen LogP) is 2.96. The van der Waals surface area contributed by atoms with Gasteiger partial charge in [-0.05, 0) is 35.1 Å². The molecule has 1 aromatic carbocycles. The van der Waals surface area contributed by atoms with Gasteiger partial charge in [-0.3, -0.25) is 4.99 Å². The Morgan fingerprint density at radius 3 is 2.64 bits per heavy atom. The molecule has 25 heavy (non-hydrogen) atoms. The molecule has 134 valence electrons. The highest BCUT2D eigenvalue weighted by atomic mass is 32.2. The quantitative estimate of drug-likeness (QED) is 0.586. The van der Waals surface area contributed by atoms with Crippen molar-refractivity contribution in [2.75, 3.05) is 20.4 Å². The van der Waals surface area contributed by atoms with Crippen molar-refractivity contribution < 1.29 is 9.13 Å². The third-order valence-corrected chi connectivity index (χ3v) is 4.20. The van der Waals surface area contributed by atoms with Crippen LogP contribution in [0, 0.1) is 5.82 Å². The van der Waals surface area contributed by atoms with Gasteiger partial charge in [-0.2, -0.15) is 11.8 Å². The minimum absolute atomic E-state index is 0.206. The lowest BCUT2D eigenvalue weighted by Crippen LogP contribution is -2.36. The predicted molar refractivity (Wildman–Crippen MR) is 101 cm³/mol. The van der Waals surface area contributed by atoms with E-state index in [4.69, 9.17) is 4.74 Å². The number of hydrogen-bond acceptors (Lipinski definition) is 4. The topological polar surface area (TPSA) is 58.5 Å². The number of ether oxygens (including phenoxy) is 1. The SMILES string of the molecule is CN=C(NCc1ccc(OC)nc1)NCc1ccc(F)cc1CSC. The summed E-state index contributed by atoms with van der Waals surface area (Å²) in [4.78, 5) is 8.39. The summed E-state index contributed by atoms with van der Waals surface area (Å²) in [5, 5.41) is 6.49. The van der Waals surface area contributed by atoms with Gasteiger partial charge < -0.3 is 15.4 Å². The molecule has 0 unspecified atom stereocenters. The van der Waals surface area contributed by atoms with Gasteiger partial charge >= 0.3 is 0 Å². The lowest BCUT2D eigenvalue weighted by molar-refractivity contribution is 0.397. The zero-order valence-corrected chi connectivity index (χ0v) is 15.5. The number of benzene rings is 1. The van der Waals surface area contributed by atoms with Crippen molar-refractivity contribution in [1.29, 1.82) is 0 Å². The van der Waals surface area contributed by atoms with Crippen LogP contribution in [0.25, 0.3) is 0 Å². The van der Waals surface area contributed by atoms with E-state index in [1.54, 1.807) is 38.2 Å². The summed E-state index contributed by atoms with van der Waals surface area (Å²) in [5.74, 6) is 1.83. The van der Waals surface area contributed by atoms with E-state index in [0.29, 0.717) is 24.9 Å². The number of nitrogens with one attached hydrogen (secondary N) is 2. The van der Waals surface area contributed by atoms with Gasteiger partial charge in [-0.1, -0.05) is 12.1 Å². The Morgan fingerprint density at radius 2 is 2.00 bits per heavy atom. The molecule has 0 aliphatic carbocycles. The zero-order chi connectivity index (χ0) is 18.1. The fraction of sp³-hybridized carbons (Fsp3) is 0.333. The second-order valence-corrected chi connectivity index (χ2v) is 6.20. The van der Waals surface area contributed by atoms with E-state index in [0.717, 1.165) is 22.4 Å². The normalized spacial score (nSPS) is 11.3. The maximum absolute atomic E-state index is 13.4. The molecule has 7 heteroatoms. The average Bonchev–Trinajstić information content (AvgIpc) is 2.64. The van der Waals surface area contributed by atoms with Crippen LogP contribution in [0.2, 0.25) is 0 Å². The van der Waals surface area contributed by atoms with Crippen LogP contribution in [0.4, 0.5) is 4.39 Å².